The van der Waals surface area contributed by atoms with Crippen LogP contribution in [0, 0.1) is 0 Å². The minimum absolute atomic E-state index is 0.0651. The van der Waals surface area contributed by atoms with Crippen LogP contribution in [-0.2, 0) is 17.5 Å². The van der Waals surface area contributed by atoms with Crippen molar-refractivity contribution in [2.24, 2.45) is 0 Å². The number of hydrogen-bond acceptors (Lipinski definition) is 2. The molecule has 0 saturated heterocycles. The van der Waals surface area contributed by atoms with E-state index in [2.05, 4.69) is 10.6 Å². The van der Waals surface area contributed by atoms with Crippen LogP contribution in [0.5, 0.6) is 0 Å². The van der Waals surface area contributed by atoms with Crippen molar-refractivity contribution in [3.63, 3.8) is 0 Å². The van der Waals surface area contributed by atoms with Gasteiger partial charge < -0.3 is 10.6 Å². The molecule has 0 unspecified atom stereocenters. The van der Waals surface area contributed by atoms with Crippen LogP contribution in [0.4, 0.5) is 13.2 Å². The molecule has 2 amide bonds. The zero-order valence-corrected chi connectivity index (χ0v) is 15.9. The highest BCUT2D eigenvalue weighted by atomic mass is 19.4. The van der Waals surface area contributed by atoms with Gasteiger partial charge in [-0.1, -0.05) is 54.6 Å². The summed E-state index contributed by atoms with van der Waals surface area (Å²) in [5.41, 5.74) is 1.94. The molecule has 0 spiro atoms. The predicted molar refractivity (Wildman–Crippen MR) is 108 cm³/mol. The van der Waals surface area contributed by atoms with Crippen LogP contribution < -0.4 is 10.6 Å². The normalized spacial score (nSPS) is 11.0. The number of carbonyl (C=O) groups is 2. The molecule has 0 fully saturated rings. The highest BCUT2D eigenvalue weighted by Crippen LogP contribution is 2.29. The molecule has 2 N–H and O–H groups in total. The minimum Gasteiger partial charge on any atom is -0.350 e. The second-order valence-corrected chi connectivity index (χ2v) is 6.60. The van der Waals surface area contributed by atoms with Crippen molar-refractivity contribution in [2.75, 3.05) is 6.54 Å². The number of amides is 2. The summed E-state index contributed by atoms with van der Waals surface area (Å²) >= 11 is 0. The van der Waals surface area contributed by atoms with Crippen LogP contribution >= 0.6 is 0 Å². The van der Waals surface area contributed by atoms with Gasteiger partial charge in [-0.15, -0.1) is 0 Å². The van der Waals surface area contributed by atoms with Gasteiger partial charge in [0.05, 0.1) is 12.1 Å². The van der Waals surface area contributed by atoms with Gasteiger partial charge in [-0.05, 0) is 41.0 Å². The first-order valence-electron chi connectivity index (χ1n) is 9.19. The predicted octanol–water partition coefficient (Wildman–Crippen LogP) is 4.42. The van der Waals surface area contributed by atoms with Gasteiger partial charge in [0, 0.05) is 12.1 Å². The fourth-order valence-electron chi connectivity index (χ4n) is 2.83. The van der Waals surface area contributed by atoms with E-state index >= 15 is 0 Å². The van der Waals surface area contributed by atoms with Crippen LogP contribution in [0.2, 0.25) is 0 Å². The first-order chi connectivity index (χ1) is 14.3. The summed E-state index contributed by atoms with van der Waals surface area (Å²) in [6.45, 7) is -0.345. The molecule has 0 aliphatic carbocycles. The summed E-state index contributed by atoms with van der Waals surface area (Å²) in [5, 5.41) is 4.99. The van der Waals surface area contributed by atoms with E-state index in [-0.39, 0.29) is 13.1 Å². The van der Waals surface area contributed by atoms with Gasteiger partial charge in [0.25, 0.3) is 5.91 Å². The Morgan fingerprint density at radius 3 is 2.10 bits per heavy atom. The SMILES string of the molecule is O=C(CNC(=O)c1ccc(-c2ccccc2)cc1)NCc1cccc(C(F)(F)F)c1. The Bertz CT molecular complexity index is 1020. The molecule has 154 valence electrons. The molecule has 3 rings (SSSR count). The van der Waals surface area contributed by atoms with Crippen molar-refractivity contribution in [3.05, 3.63) is 95.6 Å². The number of rotatable bonds is 6. The molecule has 0 aliphatic heterocycles. The Balaban J connectivity index is 1.49. The number of hydrogen-bond donors (Lipinski definition) is 2. The van der Waals surface area contributed by atoms with Gasteiger partial charge in [0.15, 0.2) is 0 Å². The topological polar surface area (TPSA) is 58.2 Å². The van der Waals surface area contributed by atoms with E-state index in [1.54, 1.807) is 12.1 Å². The van der Waals surface area contributed by atoms with Gasteiger partial charge in [-0.2, -0.15) is 13.2 Å². The van der Waals surface area contributed by atoms with Gasteiger partial charge >= 0.3 is 6.18 Å². The molecular weight excluding hydrogens is 393 g/mol. The lowest BCUT2D eigenvalue weighted by atomic mass is 10.0. The van der Waals surface area contributed by atoms with Crippen molar-refractivity contribution in [3.8, 4) is 11.1 Å². The molecule has 3 aromatic carbocycles. The number of alkyl halides is 3. The maximum Gasteiger partial charge on any atom is 0.416 e. The standard InChI is InChI=1S/C23H19F3N2O2/c24-23(25,26)20-8-4-5-16(13-20)14-27-21(29)15-28-22(30)19-11-9-18(10-12-19)17-6-2-1-3-7-17/h1-13H,14-15H2,(H,27,29)(H,28,30). The Morgan fingerprint density at radius 2 is 1.43 bits per heavy atom. The van der Waals surface area contributed by atoms with E-state index < -0.39 is 23.6 Å². The van der Waals surface area contributed by atoms with E-state index in [1.165, 1.54) is 12.1 Å². The summed E-state index contributed by atoms with van der Waals surface area (Å²) in [5.74, 6) is -0.912. The minimum atomic E-state index is -4.44. The lowest BCUT2D eigenvalue weighted by molar-refractivity contribution is -0.137. The van der Waals surface area contributed by atoms with Crippen molar-refractivity contribution in [2.45, 2.75) is 12.7 Å². The molecule has 0 radical (unpaired) electrons. The molecule has 7 heteroatoms. The van der Waals surface area contributed by atoms with Crippen LogP contribution in [0.15, 0.2) is 78.9 Å². The summed E-state index contributed by atoms with van der Waals surface area (Å²) in [6, 6.07) is 21.4. The summed E-state index contributed by atoms with van der Waals surface area (Å²) in [4.78, 5) is 24.1. The monoisotopic (exact) mass is 412 g/mol. The Labute approximate surface area is 171 Å². The third-order valence-electron chi connectivity index (χ3n) is 4.41. The fraction of sp³-hybridized carbons (Fsp3) is 0.130. The van der Waals surface area contributed by atoms with Gasteiger partial charge in [0.1, 0.15) is 0 Å². The second-order valence-electron chi connectivity index (χ2n) is 6.60. The summed E-state index contributed by atoms with van der Waals surface area (Å²) < 4.78 is 38.2. The highest BCUT2D eigenvalue weighted by molar-refractivity contribution is 5.96. The van der Waals surface area contributed by atoms with Crippen LogP contribution in [0.1, 0.15) is 21.5 Å². The van der Waals surface area contributed by atoms with E-state index in [9.17, 15) is 22.8 Å². The van der Waals surface area contributed by atoms with E-state index in [0.717, 1.165) is 23.3 Å². The average Bonchev–Trinajstić information content (AvgIpc) is 2.76. The molecule has 0 saturated carbocycles. The molecule has 0 aliphatic rings. The smallest absolute Gasteiger partial charge is 0.350 e. The van der Waals surface area contributed by atoms with E-state index in [4.69, 9.17) is 0 Å². The van der Waals surface area contributed by atoms with Crippen molar-refractivity contribution in [1.82, 2.24) is 10.6 Å². The molecule has 0 aromatic heterocycles. The average molecular weight is 412 g/mol. The lowest BCUT2D eigenvalue weighted by Crippen LogP contribution is -2.36. The Hall–Kier alpha value is -3.61. The lowest BCUT2D eigenvalue weighted by Gasteiger charge is -2.10. The molecular formula is C23H19F3N2O2. The molecule has 0 atom stereocenters. The zero-order chi connectivity index (χ0) is 21.6. The van der Waals surface area contributed by atoms with Gasteiger partial charge in [-0.3, -0.25) is 9.59 Å². The fourth-order valence-corrected chi connectivity index (χ4v) is 2.83. The summed E-state index contributed by atoms with van der Waals surface area (Å²) in [7, 11) is 0. The Kier molecular flexibility index (Phi) is 6.51. The van der Waals surface area contributed by atoms with Crippen molar-refractivity contribution in [1.29, 1.82) is 0 Å². The van der Waals surface area contributed by atoms with Gasteiger partial charge in [-0.25, -0.2) is 0 Å². The third kappa shape index (κ3) is 5.70. The van der Waals surface area contributed by atoms with E-state index in [0.29, 0.717) is 11.1 Å². The zero-order valence-electron chi connectivity index (χ0n) is 15.9. The second kappa shape index (κ2) is 9.26. The maximum absolute atomic E-state index is 12.7. The molecule has 0 bridgehead atoms. The maximum atomic E-state index is 12.7. The van der Waals surface area contributed by atoms with Crippen molar-refractivity contribution >= 4 is 11.8 Å². The first-order valence-corrected chi connectivity index (χ1v) is 9.19. The number of halogens is 3. The quantitative estimate of drug-likeness (QED) is 0.630. The number of nitrogens with one attached hydrogen (secondary N) is 2. The van der Waals surface area contributed by atoms with Crippen LogP contribution in [0.3, 0.4) is 0 Å². The highest BCUT2D eigenvalue weighted by Gasteiger charge is 2.30. The van der Waals surface area contributed by atoms with Gasteiger partial charge in [0.2, 0.25) is 5.91 Å². The number of carbonyl (C=O) groups excluding carboxylic acids is 2. The molecule has 30 heavy (non-hydrogen) atoms. The summed E-state index contributed by atoms with van der Waals surface area (Å²) in [6.07, 6.45) is -4.44. The molecule has 3 aromatic rings. The van der Waals surface area contributed by atoms with Crippen molar-refractivity contribution < 1.29 is 22.8 Å². The van der Waals surface area contributed by atoms with Crippen LogP contribution in [0.25, 0.3) is 11.1 Å². The van der Waals surface area contributed by atoms with E-state index in [1.807, 2.05) is 42.5 Å². The molecule has 4 nitrogen and oxygen atoms in total. The largest absolute Gasteiger partial charge is 0.416 e. The number of benzene rings is 3. The Morgan fingerprint density at radius 1 is 0.767 bits per heavy atom. The third-order valence-corrected chi connectivity index (χ3v) is 4.41. The first kappa shape index (κ1) is 21.1. The molecule has 0 heterocycles. The van der Waals surface area contributed by atoms with Crippen LogP contribution in [-0.4, -0.2) is 18.4 Å².